The molecule has 190 valence electrons. The van der Waals surface area contributed by atoms with Gasteiger partial charge in [0.2, 0.25) is 0 Å². The molecule has 33 heavy (non-hydrogen) atoms. The number of nitrogens with two attached hydrogens (primary N) is 1. The average Bonchev–Trinajstić information content (AvgIpc) is 2.77. The van der Waals surface area contributed by atoms with Gasteiger partial charge in [0.1, 0.15) is 6.04 Å². The summed E-state index contributed by atoms with van der Waals surface area (Å²) in [6, 6.07) is 3.20. The van der Waals surface area contributed by atoms with Crippen LogP contribution in [0.5, 0.6) is 11.5 Å². The van der Waals surface area contributed by atoms with Crippen LogP contribution in [0.3, 0.4) is 0 Å². The van der Waals surface area contributed by atoms with E-state index in [0.29, 0.717) is 12.2 Å². The highest BCUT2D eigenvalue weighted by atomic mass is 35.5. The van der Waals surface area contributed by atoms with Crippen molar-refractivity contribution in [2.45, 2.75) is 96.4 Å². The van der Waals surface area contributed by atoms with Crippen LogP contribution < -0.4 is 5.73 Å². The third kappa shape index (κ3) is 15.5. The lowest BCUT2D eigenvalue weighted by Crippen LogP contribution is -2.35. The fourth-order valence-corrected chi connectivity index (χ4v) is 3.44. The number of carbonyl (C=O) groups is 2. The van der Waals surface area contributed by atoms with E-state index in [4.69, 9.17) is 15.2 Å². The van der Waals surface area contributed by atoms with Gasteiger partial charge in [0.25, 0.3) is 0 Å². The lowest BCUT2D eigenvalue weighted by Gasteiger charge is -2.12. The lowest BCUT2D eigenvalue weighted by atomic mass is 10.1. The van der Waals surface area contributed by atoms with E-state index in [1.165, 1.54) is 69.9 Å². The number of unbranched alkanes of at least 4 members (excludes halogenated alkanes) is 11. The maximum absolute atomic E-state index is 11.9. The monoisotopic (exact) mass is 487 g/mol. The summed E-state index contributed by atoms with van der Waals surface area (Å²) in [4.78, 5) is 23.6. The molecule has 0 aliphatic carbocycles. The summed E-state index contributed by atoms with van der Waals surface area (Å²) < 4.78 is 10.00. The Morgan fingerprint density at radius 1 is 0.848 bits per heavy atom. The van der Waals surface area contributed by atoms with Crippen molar-refractivity contribution < 1.29 is 29.3 Å². The molecule has 0 aliphatic rings. The molecular formula is C25H42ClNO6. The Kier molecular flexibility index (Phi) is 18.3. The standard InChI is InChI=1S/C25H41NO6.ClH/c1-2-3-4-5-6-7-8-9-10-11-12-13-16-31-24(29)19-32-25(30)21(26)17-20-14-15-22(27)23(28)18-20;/h14-15,18,21,27-28H,2-13,16-17,19,26H2,1H3;1H/t21-;/m0./s1. The summed E-state index contributed by atoms with van der Waals surface area (Å²) in [5.74, 6) is -1.85. The largest absolute Gasteiger partial charge is 0.504 e. The molecule has 0 spiro atoms. The molecule has 0 aromatic heterocycles. The van der Waals surface area contributed by atoms with Crippen molar-refractivity contribution in [3.63, 3.8) is 0 Å². The first-order chi connectivity index (χ1) is 15.4. The highest BCUT2D eigenvalue weighted by molar-refractivity contribution is 5.85. The van der Waals surface area contributed by atoms with Crippen molar-refractivity contribution in [1.82, 2.24) is 0 Å². The normalized spacial score (nSPS) is 11.5. The van der Waals surface area contributed by atoms with Crippen LogP contribution in [0, 0.1) is 0 Å². The van der Waals surface area contributed by atoms with E-state index in [-0.39, 0.29) is 30.3 Å². The Labute approximate surface area is 204 Å². The quantitative estimate of drug-likeness (QED) is 0.148. The summed E-state index contributed by atoms with van der Waals surface area (Å²) >= 11 is 0. The van der Waals surface area contributed by atoms with Gasteiger partial charge >= 0.3 is 11.9 Å². The molecule has 0 saturated heterocycles. The van der Waals surface area contributed by atoms with Crippen LogP contribution in [0.2, 0.25) is 0 Å². The van der Waals surface area contributed by atoms with E-state index in [2.05, 4.69) is 6.92 Å². The number of halogens is 1. The predicted octanol–water partition coefficient (Wildman–Crippen LogP) is 5.18. The molecule has 8 heteroatoms. The Morgan fingerprint density at radius 2 is 1.39 bits per heavy atom. The van der Waals surface area contributed by atoms with E-state index in [1.807, 2.05) is 0 Å². The van der Waals surface area contributed by atoms with Gasteiger partial charge < -0.3 is 25.4 Å². The molecule has 0 amide bonds. The molecule has 0 radical (unpaired) electrons. The number of esters is 2. The second-order valence-corrected chi connectivity index (χ2v) is 8.35. The molecule has 7 nitrogen and oxygen atoms in total. The number of hydrogen-bond donors (Lipinski definition) is 3. The van der Waals surface area contributed by atoms with Gasteiger partial charge in [-0.25, -0.2) is 4.79 Å². The molecule has 0 aliphatic heterocycles. The number of benzene rings is 1. The fourth-order valence-electron chi connectivity index (χ4n) is 3.44. The van der Waals surface area contributed by atoms with Crippen LogP contribution in [0.15, 0.2) is 18.2 Å². The number of ether oxygens (including phenoxy) is 2. The van der Waals surface area contributed by atoms with Crippen molar-refractivity contribution in [1.29, 1.82) is 0 Å². The van der Waals surface area contributed by atoms with Gasteiger partial charge in [-0.05, 0) is 30.5 Å². The third-order valence-corrected chi connectivity index (χ3v) is 5.39. The fraction of sp³-hybridized carbons (Fsp3) is 0.680. The smallest absolute Gasteiger partial charge is 0.344 e. The van der Waals surface area contributed by atoms with Crippen LogP contribution in [0.4, 0.5) is 0 Å². The number of carbonyl (C=O) groups excluding carboxylic acids is 2. The number of aromatic hydroxyl groups is 2. The Bertz CT molecular complexity index is 670. The van der Waals surface area contributed by atoms with Crippen molar-refractivity contribution in [3.8, 4) is 11.5 Å². The molecular weight excluding hydrogens is 446 g/mol. The SMILES string of the molecule is CCCCCCCCCCCCCCOC(=O)COC(=O)[C@@H](N)Cc1ccc(O)c(O)c1.Cl. The summed E-state index contributed by atoms with van der Waals surface area (Å²) in [6.45, 7) is 2.10. The maximum Gasteiger partial charge on any atom is 0.344 e. The van der Waals surface area contributed by atoms with Gasteiger partial charge in [-0.3, -0.25) is 4.79 Å². The number of phenols is 2. The highest BCUT2D eigenvalue weighted by Crippen LogP contribution is 2.25. The Balaban J connectivity index is 0.0000102. The average molecular weight is 488 g/mol. The molecule has 1 rings (SSSR count). The molecule has 0 bridgehead atoms. The molecule has 1 aromatic carbocycles. The highest BCUT2D eigenvalue weighted by Gasteiger charge is 2.18. The maximum atomic E-state index is 11.9. The zero-order valence-electron chi connectivity index (χ0n) is 19.9. The van der Waals surface area contributed by atoms with Gasteiger partial charge in [0.15, 0.2) is 18.1 Å². The number of phenolic OH excluding ortho intramolecular Hbond substituents is 2. The van der Waals surface area contributed by atoms with E-state index in [1.54, 1.807) is 6.07 Å². The molecule has 1 aromatic rings. The van der Waals surface area contributed by atoms with Crippen molar-refractivity contribution in [2.24, 2.45) is 5.73 Å². The number of rotatable bonds is 18. The van der Waals surface area contributed by atoms with E-state index >= 15 is 0 Å². The van der Waals surface area contributed by atoms with Crippen molar-refractivity contribution in [2.75, 3.05) is 13.2 Å². The first kappa shape index (κ1) is 31.0. The van der Waals surface area contributed by atoms with Gasteiger partial charge in [-0.1, -0.05) is 83.6 Å². The summed E-state index contributed by atoms with van der Waals surface area (Å²) in [7, 11) is 0. The minimum Gasteiger partial charge on any atom is -0.504 e. The van der Waals surface area contributed by atoms with Crippen molar-refractivity contribution in [3.05, 3.63) is 23.8 Å². The zero-order chi connectivity index (χ0) is 23.6. The summed E-state index contributed by atoms with van der Waals surface area (Å²) in [5.41, 5.74) is 6.35. The van der Waals surface area contributed by atoms with Crippen LogP contribution in [-0.4, -0.2) is 41.4 Å². The first-order valence-corrected chi connectivity index (χ1v) is 12.0. The van der Waals surface area contributed by atoms with Crippen molar-refractivity contribution >= 4 is 24.3 Å². The predicted molar refractivity (Wildman–Crippen MR) is 132 cm³/mol. The van der Waals surface area contributed by atoms with Crippen LogP contribution in [0.25, 0.3) is 0 Å². The second-order valence-electron chi connectivity index (χ2n) is 8.35. The Hall–Kier alpha value is -1.99. The third-order valence-electron chi connectivity index (χ3n) is 5.39. The van der Waals surface area contributed by atoms with Crippen LogP contribution >= 0.6 is 12.4 Å². The van der Waals surface area contributed by atoms with Crippen LogP contribution in [0.1, 0.15) is 89.5 Å². The van der Waals surface area contributed by atoms with Gasteiger partial charge in [-0.15, -0.1) is 12.4 Å². The molecule has 1 atom stereocenters. The minimum atomic E-state index is -0.983. The van der Waals surface area contributed by atoms with Gasteiger partial charge in [0.05, 0.1) is 6.61 Å². The second kappa shape index (κ2) is 19.5. The molecule has 4 N–H and O–H groups in total. The summed E-state index contributed by atoms with van der Waals surface area (Å²) in [6.07, 6.45) is 15.0. The lowest BCUT2D eigenvalue weighted by molar-refractivity contribution is -0.159. The van der Waals surface area contributed by atoms with Crippen LogP contribution in [-0.2, 0) is 25.5 Å². The molecule has 0 unspecified atom stereocenters. The summed E-state index contributed by atoms with van der Waals surface area (Å²) in [5, 5.41) is 18.8. The number of hydrogen-bond acceptors (Lipinski definition) is 7. The molecule has 0 saturated carbocycles. The Morgan fingerprint density at radius 3 is 1.94 bits per heavy atom. The zero-order valence-corrected chi connectivity index (χ0v) is 20.7. The topological polar surface area (TPSA) is 119 Å². The first-order valence-electron chi connectivity index (χ1n) is 12.0. The van der Waals surface area contributed by atoms with Gasteiger partial charge in [0, 0.05) is 0 Å². The van der Waals surface area contributed by atoms with E-state index in [9.17, 15) is 19.8 Å². The van der Waals surface area contributed by atoms with E-state index in [0.717, 1.165) is 19.3 Å². The minimum absolute atomic E-state index is 0. The molecule has 0 heterocycles. The van der Waals surface area contributed by atoms with E-state index < -0.39 is 24.6 Å². The molecule has 0 fully saturated rings. The van der Waals surface area contributed by atoms with Gasteiger partial charge in [-0.2, -0.15) is 0 Å².